The van der Waals surface area contributed by atoms with E-state index in [1.807, 2.05) is 26.9 Å². The molecule has 0 aliphatic rings. The number of nitrogens with zero attached hydrogens (tertiary/aromatic N) is 2. The summed E-state index contributed by atoms with van der Waals surface area (Å²) in [5.74, 6) is -0.503. The monoisotopic (exact) mass is 334 g/mol. The molecule has 124 valence electrons. The van der Waals surface area contributed by atoms with Gasteiger partial charge in [0.25, 0.3) is 0 Å². The smallest absolute Gasteiger partial charge is 0.357 e. The van der Waals surface area contributed by atoms with E-state index in [2.05, 4.69) is 9.97 Å². The summed E-state index contributed by atoms with van der Waals surface area (Å²) in [5, 5.41) is 9.83. The molecule has 2 N–H and O–H groups in total. The van der Waals surface area contributed by atoms with Crippen LogP contribution in [0.1, 0.15) is 29.9 Å². The van der Waals surface area contributed by atoms with Crippen molar-refractivity contribution in [3.05, 3.63) is 29.7 Å². The van der Waals surface area contributed by atoms with Crippen LogP contribution in [-0.4, -0.2) is 41.3 Å². The minimum atomic E-state index is -2.49. The zero-order valence-electron chi connectivity index (χ0n) is 14.0. The third kappa shape index (κ3) is 3.35. The zero-order chi connectivity index (χ0) is 17.4. The number of aromatic nitrogens is 2. The maximum atomic E-state index is 12.1. The number of rotatable bonds is 4. The molecule has 0 aliphatic carbocycles. The molecule has 0 fully saturated rings. The van der Waals surface area contributed by atoms with Crippen LogP contribution >= 0.6 is 0 Å². The van der Waals surface area contributed by atoms with Gasteiger partial charge in [-0.1, -0.05) is 13.8 Å². The number of fused-ring (bicyclic) bond motifs is 1. The number of esters is 1. The van der Waals surface area contributed by atoms with E-state index in [-0.39, 0.29) is 11.4 Å². The van der Waals surface area contributed by atoms with E-state index in [1.54, 1.807) is 6.07 Å². The highest BCUT2D eigenvalue weighted by atomic mass is 28.4. The molecular weight excluding hydrogens is 312 g/mol. The van der Waals surface area contributed by atoms with Crippen LogP contribution in [0.2, 0.25) is 18.1 Å². The Morgan fingerprint density at radius 2 is 1.96 bits per heavy atom. The second-order valence-corrected chi connectivity index (χ2v) is 11.3. The SMILES string of the molecule is COC(=O)c1ncc2cc(O)cnc2c1CC(C)(C)[Si](C)(C)O. The summed E-state index contributed by atoms with van der Waals surface area (Å²) < 4.78 is 4.82. The standard InChI is InChI=1S/C16H22N2O4Si/c1-16(2,23(4,5)21)7-12-13-10(6-11(19)9-18-13)8-17-14(12)15(20)22-3/h6,8-9,19,21H,7H2,1-5H3. The molecule has 2 aromatic heterocycles. The van der Waals surface area contributed by atoms with Gasteiger partial charge < -0.3 is 14.6 Å². The Kier molecular flexibility index (Phi) is 4.45. The number of carbonyl (C=O) groups is 1. The molecule has 2 aromatic rings. The summed E-state index contributed by atoms with van der Waals surface area (Å²) in [5.41, 5.74) is 1.42. The van der Waals surface area contributed by atoms with Crippen LogP contribution in [0.3, 0.4) is 0 Å². The van der Waals surface area contributed by atoms with Crippen molar-refractivity contribution in [3.63, 3.8) is 0 Å². The summed E-state index contributed by atoms with van der Waals surface area (Å²) in [4.78, 5) is 31.1. The van der Waals surface area contributed by atoms with Gasteiger partial charge >= 0.3 is 5.97 Å². The van der Waals surface area contributed by atoms with Gasteiger partial charge in [-0.3, -0.25) is 4.98 Å². The van der Waals surface area contributed by atoms with Gasteiger partial charge in [-0.25, -0.2) is 9.78 Å². The molecule has 2 rings (SSSR count). The van der Waals surface area contributed by atoms with Gasteiger partial charge in [0, 0.05) is 17.1 Å². The number of methoxy groups -OCH3 is 1. The third-order valence-electron chi connectivity index (χ3n) is 4.46. The Hall–Kier alpha value is -1.99. The van der Waals surface area contributed by atoms with Crippen molar-refractivity contribution < 1.29 is 19.4 Å². The molecule has 7 heteroatoms. The van der Waals surface area contributed by atoms with Gasteiger partial charge in [-0.2, -0.15) is 0 Å². The zero-order valence-corrected chi connectivity index (χ0v) is 15.0. The fourth-order valence-electron chi connectivity index (χ4n) is 2.24. The van der Waals surface area contributed by atoms with E-state index in [0.717, 1.165) is 0 Å². The number of hydrogen-bond acceptors (Lipinski definition) is 6. The average molecular weight is 334 g/mol. The molecule has 0 saturated carbocycles. The Morgan fingerprint density at radius 3 is 2.52 bits per heavy atom. The van der Waals surface area contributed by atoms with Gasteiger partial charge in [0.15, 0.2) is 14.0 Å². The summed E-state index contributed by atoms with van der Waals surface area (Å²) in [6.07, 6.45) is 3.27. The molecule has 0 unspecified atom stereocenters. The highest BCUT2D eigenvalue weighted by Crippen LogP contribution is 2.40. The molecule has 0 spiro atoms. The van der Waals surface area contributed by atoms with Crippen LogP contribution < -0.4 is 0 Å². The van der Waals surface area contributed by atoms with E-state index < -0.39 is 19.3 Å². The number of pyridine rings is 2. The normalized spacial score (nSPS) is 12.4. The molecule has 23 heavy (non-hydrogen) atoms. The van der Waals surface area contributed by atoms with E-state index in [1.165, 1.54) is 19.5 Å². The van der Waals surface area contributed by atoms with Crippen molar-refractivity contribution in [2.75, 3.05) is 7.11 Å². The van der Waals surface area contributed by atoms with Gasteiger partial charge in [0.2, 0.25) is 0 Å². The highest BCUT2D eigenvalue weighted by Gasteiger charge is 2.39. The molecule has 0 radical (unpaired) electrons. The van der Waals surface area contributed by atoms with Gasteiger partial charge in [-0.15, -0.1) is 0 Å². The van der Waals surface area contributed by atoms with Crippen LogP contribution in [-0.2, 0) is 11.2 Å². The van der Waals surface area contributed by atoms with Crippen molar-refractivity contribution in [2.24, 2.45) is 0 Å². The van der Waals surface area contributed by atoms with E-state index >= 15 is 0 Å². The summed E-state index contributed by atoms with van der Waals surface area (Å²) >= 11 is 0. The minimum Gasteiger partial charge on any atom is -0.506 e. The minimum absolute atomic E-state index is 0.0344. The third-order valence-corrected chi connectivity index (χ3v) is 7.95. The number of ether oxygens (including phenoxy) is 1. The first kappa shape index (κ1) is 17.4. The number of hydrogen-bond donors (Lipinski definition) is 2. The number of carbonyl (C=O) groups excluding carboxylic acids is 1. The lowest BCUT2D eigenvalue weighted by Gasteiger charge is -2.35. The Balaban J connectivity index is 2.69. The Labute approximate surface area is 136 Å². The largest absolute Gasteiger partial charge is 0.506 e. The summed E-state index contributed by atoms with van der Waals surface area (Å²) in [6, 6.07) is 1.55. The molecule has 0 aliphatic heterocycles. The van der Waals surface area contributed by atoms with Crippen LogP contribution in [0, 0.1) is 0 Å². The van der Waals surface area contributed by atoms with E-state index in [0.29, 0.717) is 22.9 Å². The van der Waals surface area contributed by atoms with Crippen LogP contribution in [0.15, 0.2) is 18.5 Å². The van der Waals surface area contributed by atoms with Crippen molar-refractivity contribution >= 4 is 25.2 Å². The van der Waals surface area contributed by atoms with Crippen molar-refractivity contribution in [2.45, 2.75) is 38.4 Å². The molecule has 0 aromatic carbocycles. The summed E-state index contributed by atoms with van der Waals surface area (Å²) in [7, 11) is -1.19. The lowest BCUT2D eigenvalue weighted by atomic mass is 9.98. The number of aromatic hydroxyl groups is 1. The second-order valence-electron chi connectivity index (χ2n) is 6.83. The lowest BCUT2D eigenvalue weighted by Crippen LogP contribution is -2.40. The molecule has 2 heterocycles. The van der Waals surface area contributed by atoms with Crippen molar-refractivity contribution in [3.8, 4) is 5.75 Å². The first-order valence-corrected chi connectivity index (χ1v) is 10.3. The van der Waals surface area contributed by atoms with Crippen LogP contribution in [0.4, 0.5) is 0 Å². The topological polar surface area (TPSA) is 92.5 Å². The highest BCUT2D eigenvalue weighted by molar-refractivity contribution is 6.72. The molecular formula is C16H22N2O4Si. The first-order chi connectivity index (χ1) is 10.6. The van der Waals surface area contributed by atoms with Crippen LogP contribution in [0.5, 0.6) is 5.75 Å². The predicted molar refractivity (Wildman–Crippen MR) is 90.0 cm³/mol. The Bertz CT molecular complexity index is 754. The van der Waals surface area contributed by atoms with Gasteiger partial charge in [-0.05, 0) is 30.6 Å². The summed E-state index contributed by atoms with van der Waals surface area (Å²) in [6.45, 7) is 7.67. The van der Waals surface area contributed by atoms with Crippen LogP contribution in [0.25, 0.3) is 10.9 Å². The fourth-order valence-corrected chi connectivity index (χ4v) is 2.85. The molecule has 0 amide bonds. The maximum Gasteiger partial charge on any atom is 0.357 e. The van der Waals surface area contributed by atoms with Gasteiger partial charge in [0.05, 0.1) is 18.8 Å². The molecule has 0 saturated heterocycles. The van der Waals surface area contributed by atoms with Crippen molar-refractivity contribution in [1.29, 1.82) is 0 Å². The fraction of sp³-hybridized carbons (Fsp3) is 0.438. The predicted octanol–water partition coefficient (Wildman–Crippen LogP) is 2.64. The molecule has 6 nitrogen and oxygen atoms in total. The molecule has 0 bridgehead atoms. The maximum absolute atomic E-state index is 12.1. The van der Waals surface area contributed by atoms with Gasteiger partial charge in [0.1, 0.15) is 5.75 Å². The van der Waals surface area contributed by atoms with Crippen molar-refractivity contribution in [1.82, 2.24) is 9.97 Å². The first-order valence-electron chi connectivity index (χ1n) is 7.34. The quantitative estimate of drug-likeness (QED) is 0.659. The Morgan fingerprint density at radius 1 is 1.30 bits per heavy atom. The lowest BCUT2D eigenvalue weighted by molar-refractivity contribution is 0.0592. The molecule has 0 atom stereocenters. The average Bonchev–Trinajstić information content (AvgIpc) is 2.45. The van der Waals surface area contributed by atoms with E-state index in [4.69, 9.17) is 4.74 Å². The van der Waals surface area contributed by atoms with E-state index in [9.17, 15) is 14.7 Å². The second kappa shape index (κ2) is 5.90.